The molecule has 0 aliphatic heterocycles. The Kier molecular flexibility index (Phi) is 7.64. The molecule has 0 aliphatic rings. The second kappa shape index (κ2) is 13.3. The molecule has 0 amide bonds. The molecule has 0 fully saturated rings. The zero-order valence-electron chi connectivity index (χ0n) is 30.2. The van der Waals surface area contributed by atoms with Crippen molar-refractivity contribution >= 4 is 53.3 Å². The summed E-state index contributed by atoms with van der Waals surface area (Å²) in [5, 5.41) is 5.05. The van der Waals surface area contributed by atoms with Crippen LogP contribution in [0, 0.1) is 0 Å². The summed E-state index contributed by atoms with van der Waals surface area (Å²) >= 11 is 1.87. The lowest BCUT2D eigenvalue weighted by Gasteiger charge is -2.12. The number of rotatable bonds is 6. The van der Waals surface area contributed by atoms with Gasteiger partial charge in [0.2, 0.25) is 0 Å². The van der Waals surface area contributed by atoms with Crippen LogP contribution in [0.1, 0.15) is 0 Å². The smallest absolute Gasteiger partial charge is 0.164 e. The fourth-order valence-corrected chi connectivity index (χ4v) is 9.21. The monoisotopic (exact) mass is 732 g/mol. The Bertz CT molecular complexity index is 3240. The Morgan fingerprint density at radius 1 is 0.339 bits per heavy atom. The highest BCUT2D eigenvalue weighted by molar-refractivity contribution is 7.26. The van der Waals surface area contributed by atoms with Crippen molar-refractivity contribution in [2.45, 2.75) is 0 Å². The lowest BCUT2D eigenvalue weighted by molar-refractivity contribution is 1.07. The molecular weight excluding hydrogens is 701 g/mol. The SMILES string of the molecule is c1ccc(-c2ccc(-c3nc(-c4ccccc4)nc(-c4cccc(-n5c6ccccc6c6cc(-c7cccc8c7sc7ccccc78)ccc65)c4)n3)cc2)cc1. The van der Waals surface area contributed by atoms with Crippen LogP contribution in [-0.4, -0.2) is 19.5 Å². The molecule has 3 heterocycles. The molecule has 5 heteroatoms. The molecule has 56 heavy (non-hydrogen) atoms. The number of aromatic nitrogens is 4. The summed E-state index contributed by atoms with van der Waals surface area (Å²) in [5.41, 5.74) is 10.9. The van der Waals surface area contributed by atoms with Crippen LogP contribution in [0.15, 0.2) is 194 Å². The third kappa shape index (κ3) is 5.48. The van der Waals surface area contributed by atoms with Gasteiger partial charge in [0.05, 0.1) is 11.0 Å². The summed E-state index contributed by atoms with van der Waals surface area (Å²) in [6.07, 6.45) is 0. The van der Waals surface area contributed by atoms with Gasteiger partial charge in [0.25, 0.3) is 0 Å². The molecule has 0 N–H and O–H groups in total. The number of nitrogens with zero attached hydrogens (tertiary/aromatic N) is 4. The summed E-state index contributed by atoms with van der Waals surface area (Å²) in [7, 11) is 0. The standard InChI is InChI=1S/C51H32N4S/c1-3-13-33(14-4-1)34-25-27-36(28-26-34)50-52-49(35-15-5-2-6-16-35)53-51(54-50)38-17-11-18-39(31-38)55-45-23-9-7-19-41(45)44-32-37(29-30-46(44)55)40-21-12-22-43-42-20-8-10-24-47(42)56-48(40)43/h1-32H. The Morgan fingerprint density at radius 2 is 0.875 bits per heavy atom. The Balaban J connectivity index is 1.04. The summed E-state index contributed by atoms with van der Waals surface area (Å²) in [5.74, 6) is 1.90. The molecule has 4 nitrogen and oxygen atoms in total. The van der Waals surface area contributed by atoms with E-state index in [4.69, 9.17) is 15.0 Å². The van der Waals surface area contributed by atoms with Crippen LogP contribution in [-0.2, 0) is 0 Å². The van der Waals surface area contributed by atoms with Crippen molar-refractivity contribution < 1.29 is 0 Å². The minimum Gasteiger partial charge on any atom is -0.309 e. The van der Waals surface area contributed by atoms with Crippen molar-refractivity contribution in [1.82, 2.24) is 19.5 Å². The van der Waals surface area contributed by atoms with Gasteiger partial charge in [-0.2, -0.15) is 0 Å². The first-order chi connectivity index (χ1) is 27.7. The zero-order chi connectivity index (χ0) is 37.0. The second-order valence-electron chi connectivity index (χ2n) is 14.0. The van der Waals surface area contributed by atoms with Crippen molar-refractivity contribution in [2.75, 3.05) is 0 Å². The number of thiophene rings is 1. The molecule has 11 aromatic rings. The summed E-state index contributed by atoms with van der Waals surface area (Å²) < 4.78 is 5.00. The quantitative estimate of drug-likeness (QED) is 0.171. The van der Waals surface area contributed by atoms with Gasteiger partial charge in [0.1, 0.15) is 0 Å². The predicted molar refractivity (Wildman–Crippen MR) is 234 cm³/mol. The average molecular weight is 733 g/mol. The lowest BCUT2D eigenvalue weighted by Crippen LogP contribution is -2.01. The maximum absolute atomic E-state index is 5.10. The van der Waals surface area contributed by atoms with E-state index in [9.17, 15) is 0 Å². The van der Waals surface area contributed by atoms with Gasteiger partial charge in [-0.3, -0.25) is 0 Å². The van der Waals surface area contributed by atoms with E-state index in [0.29, 0.717) is 17.5 Å². The highest BCUT2D eigenvalue weighted by Crippen LogP contribution is 2.42. The van der Waals surface area contributed by atoms with E-state index in [1.54, 1.807) is 0 Å². The number of fused-ring (bicyclic) bond motifs is 6. The highest BCUT2D eigenvalue weighted by Gasteiger charge is 2.18. The van der Waals surface area contributed by atoms with E-state index >= 15 is 0 Å². The van der Waals surface area contributed by atoms with Crippen LogP contribution in [0.25, 0.3) is 104 Å². The maximum atomic E-state index is 5.10. The molecule has 0 saturated heterocycles. The summed E-state index contributed by atoms with van der Waals surface area (Å²) in [6.45, 7) is 0. The Morgan fingerprint density at radius 3 is 1.66 bits per heavy atom. The van der Waals surface area contributed by atoms with Crippen LogP contribution >= 0.6 is 11.3 Å². The molecule has 0 atom stereocenters. The fourth-order valence-electron chi connectivity index (χ4n) is 7.97. The van der Waals surface area contributed by atoms with E-state index in [0.717, 1.165) is 39.0 Å². The van der Waals surface area contributed by atoms with E-state index < -0.39 is 0 Å². The third-order valence-corrected chi connectivity index (χ3v) is 11.9. The maximum Gasteiger partial charge on any atom is 0.164 e. The molecule has 0 bridgehead atoms. The minimum absolute atomic E-state index is 0.627. The molecule has 0 saturated carbocycles. The molecular formula is C51H32N4S. The van der Waals surface area contributed by atoms with E-state index in [1.807, 2.05) is 47.7 Å². The zero-order valence-corrected chi connectivity index (χ0v) is 31.0. The molecule has 3 aromatic heterocycles. The van der Waals surface area contributed by atoms with Gasteiger partial charge in [-0.1, -0.05) is 158 Å². The van der Waals surface area contributed by atoms with E-state index in [1.165, 1.54) is 47.6 Å². The van der Waals surface area contributed by atoms with Crippen LogP contribution in [0.4, 0.5) is 0 Å². The minimum atomic E-state index is 0.627. The van der Waals surface area contributed by atoms with Gasteiger partial charge in [-0.15, -0.1) is 11.3 Å². The van der Waals surface area contributed by atoms with Gasteiger partial charge in [-0.05, 0) is 58.7 Å². The van der Waals surface area contributed by atoms with E-state index in [2.05, 4.69) is 162 Å². The Hall–Kier alpha value is -7.21. The first kappa shape index (κ1) is 32.2. The van der Waals surface area contributed by atoms with Crippen molar-refractivity contribution in [3.63, 3.8) is 0 Å². The molecule has 8 aromatic carbocycles. The van der Waals surface area contributed by atoms with Crippen molar-refractivity contribution in [3.05, 3.63) is 194 Å². The molecule has 0 radical (unpaired) electrons. The molecule has 0 unspecified atom stereocenters. The van der Waals surface area contributed by atoms with Crippen molar-refractivity contribution in [2.24, 2.45) is 0 Å². The van der Waals surface area contributed by atoms with Crippen molar-refractivity contribution in [3.8, 4) is 62.1 Å². The van der Waals surface area contributed by atoms with Crippen LogP contribution in [0.2, 0.25) is 0 Å². The van der Waals surface area contributed by atoms with E-state index in [-0.39, 0.29) is 0 Å². The highest BCUT2D eigenvalue weighted by atomic mass is 32.1. The average Bonchev–Trinajstić information content (AvgIpc) is 3.83. The van der Waals surface area contributed by atoms with Gasteiger partial charge in [0.15, 0.2) is 17.5 Å². The molecule has 11 rings (SSSR count). The Labute approximate surface area is 327 Å². The van der Waals surface area contributed by atoms with Gasteiger partial charge < -0.3 is 4.57 Å². The number of benzene rings is 8. The topological polar surface area (TPSA) is 43.6 Å². The largest absolute Gasteiger partial charge is 0.309 e. The lowest BCUT2D eigenvalue weighted by atomic mass is 10.0. The van der Waals surface area contributed by atoms with Crippen molar-refractivity contribution in [1.29, 1.82) is 0 Å². The molecule has 0 spiro atoms. The molecule has 0 aliphatic carbocycles. The van der Waals surface area contributed by atoms with Crippen LogP contribution in [0.5, 0.6) is 0 Å². The second-order valence-corrected chi connectivity index (χ2v) is 15.1. The van der Waals surface area contributed by atoms with Crippen LogP contribution in [0.3, 0.4) is 0 Å². The third-order valence-electron chi connectivity index (χ3n) is 10.7. The fraction of sp³-hybridized carbons (Fsp3) is 0. The van der Waals surface area contributed by atoms with Crippen LogP contribution < -0.4 is 0 Å². The first-order valence-corrected chi connectivity index (χ1v) is 19.6. The predicted octanol–water partition coefficient (Wildman–Crippen LogP) is 13.7. The van der Waals surface area contributed by atoms with Gasteiger partial charge in [-0.25, -0.2) is 15.0 Å². The van der Waals surface area contributed by atoms with Gasteiger partial charge in [0, 0.05) is 53.3 Å². The number of hydrogen-bond acceptors (Lipinski definition) is 4. The summed E-state index contributed by atoms with van der Waals surface area (Å²) in [4.78, 5) is 15.2. The normalized spacial score (nSPS) is 11.6. The first-order valence-electron chi connectivity index (χ1n) is 18.8. The van der Waals surface area contributed by atoms with Gasteiger partial charge >= 0.3 is 0 Å². The summed E-state index contributed by atoms with van der Waals surface area (Å²) in [6, 6.07) is 68.6. The number of para-hydroxylation sites is 1. The number of hydrogen-bond donors (Lipinski definition) is 0. The molecule has 262 valence electrons.